The topological polar surface area (TPSA) is 127 Å². The summed E-state index contributed by atoms with van der Waals surface area (Å²) < 4.78 is 0. The van der Waals surface area contributed by atoms with Crippen LogP contribution in [0.2, 0.25) is 0 Å². The summed E-state index contributed by atoms with van der Waals surface area (Å²) in [4.78, 5) is 37.4. The molecule has 0 bridgehead atoms. The normalized spacial score (nSPS) is 24.3. The van der Waals surface area contributed by atoms with Gasteiger partial charge in [0.05, 0.1) is 0 Å². The number of likely N-dealkylation sites (tertiary alicyclic amines) is 1. The number of aliphatic carboxylic acids is 1. The van der Waals surface area contributed by atoms with E-state index in [1.807, 2.05) is 0 Å². The van der Waals surface area contributed by atoms with Gasteiger partial charge in [-0.05, 0) is 6.42 Å². The van der Waals surface area contributed by atoms with Gasteiger partial charge in [-0.25, -0.2) is 4.79 Å². The Morgan fingerprint density at radius 2 is 1.91 bits per heavy atom. The minimum absolute atomic E-state index is 0.0313. The van der Waals surface area contributed by atoms with Crippen LogP contribution in [0.25, 0.3) is 0 Å². The van der Waals surface area contributed by atoms with Gasteiger partial charge in [0.15, 0.2) is 11.4 Å². The summed E-state index contributed by atoms with van der Waals surface area (Å²) in [6.07, 6.45) is 0.312. The molecule has 0 aliphatic carbocycles. The number of hydrogen-bond acceptors (Lipinski definition) is 5. The van der Waals surface area contributed by atoms with Gasteiger partial charge in [0.1, 0.15) is 0 Å². The molecule has 2 atom stereocenters. The summed E-state index contributed by atoms with van der Waals surface area (Å²) >= 11 is 0. The Kier molecular flexibility index (Phi) is 5.12. The SMILES string of the molecule is NCCC(=O)N1CCC(C(=O)c2ccccc2)CC1(N)C(=O)O. The number of Topliss-reactive ketones (excluding diaryl/α,β-unsaturated/α-hetero) is 1. The summed E-state index contributed by atoms with van der Waals surface area (Å²) in [7, 11) is 0. The van der Waals surface area contributed by atoms with Crippen molar-refractivity contribution in [2.75, 3.05) is 13.1 Å². The van der Waals surface area contributed by atoms with E-state index in [2.05, 4.69) is 0 Å². The van der Waals surface area contributed by atoms with Crippen LogP contribution in [0.3, 0.4) is 0 Å². The van der Waals surface area contributed by atoms with E-state index in [4.69, 9.17) is 11.5 Å². The first-order valence-electron chi connectivity index (χ1n) is 7.52. The average molecular weight is 319 g/mol. The molecule has 1 amide bonds. The predicted molar refractivity (Wildman–Crippen MR) is 83.4 cm³/mol. The molecule has 7 heteroatoms. The van der Waals surface area contributed by atoms with Gasteiger partial charge in [-0.1, -0.05) is 30.3 Å². The van der Waals surface area contributed by atoms with Crippen molar-refractivity contribution in [3.8, 4) is 0 Å². The highest BCUT2D eigenvalue weighted by Crippen LogP contribution is 2.31. The summed E-state index contributed by atoms with van der Waals surface area (Å²) in [6.45, 7) is 0.252. The molecular formula is C16H21N3O4. The van der Waals surface area contributed by atoms with Crippen molar-refractivity contribution in [3.05, 3.63) is 35.9 Å². The minimum Gasteiger partial charge on any atom is -0.478 e. The molecule has 0 spiro atoms. The van der Waals surface area contributed by atoms with E-state index >= 15 is 0 Å². The molecule has 1 aromatic rings. The number of carbonyl (C=O) groups excluding carboxylic acids is 2. The first kappa shape index (κ1) is 17.1. The molecule has 1 aromatic carbocycles. The zero-order valence-electron chi connectivity index (χ0n) is 12.8. The minimum atomic E-state index is -1.88. The van der Waals surface area contributed by atoms with Gasteiger partial charge in [0.2, 0.25) is 5.91 Å². The van der Waals surface area contributed by atoms with E-state index in [0.717, 1.165) is 4.90 Å². The molecule has 23 heavy (non-hydrogen) atoms. The molecule has 124 valence electrons. The highest BCUT2D eigenvalue weighted by Gasteiger charge is 2.49. The van der Waals surface area contributed by atoms with Crippen LogP contribution in [0.5, 0.6) is 0 Å². The van der Waals surface area contributed by atoms with Crippen LogP contribution in [0.4, 0.5) is 0 Å². The molecular weight excluding hydrogens is 298 g/mol. The molecule has 0 radical (unpaired) electrons. The van der Waals surface area contributed by atoms with Crippen molar-refractivity contribution < 1.29 is 19.5 Å². The number of carbonyl (C=O) groups is 3. The quantitative estimate of drug-likeness (QED) is 0.665. The van der Waals surface area contributed by atoms with E-state index in [-0.39, 0.29) is 31.7 Å². The Morgan fingerprint density at radius 1 is 1.26 bits per heavy atom. The third-order valence-electron chi connectivity index (χ3n) is 4.20. The lowest BCUT2D eigenvalue weighted by atomic mass is 9.81. The second-order valence-corrected chi connectivity index (χ2v) is 5.73. The molecule has 1 aliphatic heterocycles. The number of hydrogen-bond donors (Lipinski definition) is 3. The molecule has 2 rings (SSSR count). The zero-order chi connectivity index (χ0) is 17.0. The second-order valence-electron chi connectivity index (χ2n) is 5.73. The number of amides is 1. The fraction of sp³-hybridized carbons (Fsp3) is 0.438. The van der Waals surface area contributed by atoms with Crippen LogP contribution in [0, 0.1) is 5.92 Å². The Bertz CT molecular complexity index is 605. The second kappa shape index (κ2) is 6.89. The first-order valence-corrected chi connectivity index (χ1v) is 7.52. The third-order valence-corrected chi connectivity index (χ3v) is 4.20. The average Bonchev–Trinajstić information content (AvgIpc) is 2.54. The number of nitrogens with zero attached hydrogens (tertiary/aromatic N) is 1. The van der Waals surface area contributed by atoms with Crippen molar-refractivity contribution in [3.63, 3.8) is 0 Å². The van der Waals surface area contributed by atoms with E-state index < -0.39 is 23.5 Å². The summed E-state index contributed by atoms with van der Waals surface area (Å²) in [6, 6.07) is 8.68. The number of benzene rings is 1. The lowest BCUT2D eigenvalue weighted by Crippen LogP contribution is -2.67. The van der Waals surface area contributed by atoms with Gasteiger partial charge >= 0.3 is 5.97 Å². The van der Waals surface area contributed by atoms with E-state index in [9.17, 15) is 19.5 Å². The van der Waals surface area contributed by atoms with Gasteiger partial charge in [-0.3, -0.25) is 15.3 Å². The Hall–Kier alpha value is -2.25. The molecule has 0 saturated carbocycles. The zero-order valence-corrected chi connectivity index (χ0v) is 12.8. The van der Waals surface area contributed by atoms with Crippen LogP contribution >= 0.6 is 0 Å². The van der Waals surface area contributed by atoms with Crippen molar-refractivity contribution in [1.29, 1.82) is 0 Å². The Balaban J connectivity index is 2.22. The van der Waals surface area contributed by atoms with E-state index in [1.54, 1.807) is 30.3 Å². The standard InChI is InChI=1S/C16H21N3O4/c17-8-6-13(20)19-9-7-12(10-16(19,18)15(22)23)14(21)11-4-2-1-3-5-11/h1-5,12H,6-10,17-18H2,(H,22,23). The third kappa shape index (κ3) is 3.40. The maximum Gasteiger partial charge on any atom is 0.344 e. The smallest absolute Gasteiger partial charge is 0.344 e. The summed E-state index contributed by atoms with van der Waals surface area (Å²) in [5.74, 6) is -2.38. The van der Waals surface area contributed by atoms with Gasteiger partial charge in [-0.2, -0.15) is 0 Å². The maximum absolute atomic E-state index is 12.5. The number of piperidine rings is 1. The lowest BCUT2D eigenvalue weighted by Gasteiger charge is -2.44. The fourth-order valence-electron chi connectivity index (χ4n) is 2.94. The van der Waals surface area contributed by atoms with E-state index in [1.165, 1.54) is 0 Å². The van der Waals surface area contributed by atoms with Crippen LogP contribution < -0.4 is 11.5 Å². The highest BCUT2D eigenvalue weighted by molar-refractivity contribution is 5.99. The monoisotopic (exact) mass is 319 g/mol. The Labute approximate surface area is 134 Å². The van der Waals surface area contributed by atoms with Crippen molar-refractivity contribution in [2.24, 2.45) is 17.4 Å². The van der Waals surface area contributed by atoms with Crippen molar-refractivity contribution in [1.82, 2.24) is 4.90 Å². The summed E-state index contributed by atoms with van der Waals surface area (Å²) in [5, 5.41) is 9.49. The number of carboxylic acids is 1. The molecule has 0 aromatic heterocycles. The van der Waals surface area contributed by atoms with Crippen molar-refractivity contribution in [2.45, 2.75) is 24.9 Å². The molecule has 7 nitrogen and oxygen atoms in total. The maximum atomic E-state index is 12.5. The molecule has 1 aliphatic rings. The largest absolute Gasteiger partial charge is 0.478 e. The molecule has 1 saturated heterocycles. The lowest BCUT2D eigenvalue weighted by molar-refractivity contribution is -0.163. The van der Waals surface area contributed by atoms with Crippen LogP contribution in [0.15, 0.2) is 30.3 Å². The van der Waals surface area contributed by atoms with Gasteiger partial charge in [0, 0.05) is 37.4 Å². The van der Waals surface area contributed by atoms with Crippen LogP contribution in [0.1, 0.15) is 29.6 Å². The van der Waals surface area contributed by atoms with Crippen LogP contribution in [-0.4, -0.2) is 46.4 Å². The number of carboxylic acid groups (broad SMARTS) is 1. The first-order chi connectivity index (χ1) is 10.9. The highest BCUT2D eigenvalue weighted by atomic mass is 16.4. The number of ketones is 1. The molecule has 1 heterocycles. The fourth-order valence-corrected chi connectivity index (χ4v) is 2.94. The number of nitrogens with two attached hydrogens (primary N) is 2. The van der Waals surface area contributed by atoms with Crippen molar-refractivity contribution >= 4 is 17.7 Å². The summed E-state index contributed by atoms with van der Waals surface area (Å²) in [5.41, 5.74) is 10.0. The van der Waals surface area contributed by atoms with E-state index in [0.29, 0.717) is 12.0 Å². The Morgan fingerprint density at radius 3 is 2.48 bits per heavy atom. The van der Waals surface area contributed by atoms with Crippen LogP contribution in [-0.2, 0) is 9.59 Å². The number of rotatable bonds is 5. The molecule has 1 fully saturated rings. The van der Waals surface area contributed by atoms with Gasteiger partial charge in [0.25, 0.3) is 0 Å². The molecule has 5 N–H and O–H groups in total. The molecule has 2 unspecified atom stereocenters. The van der Waals surface area contributed by atoms with Gasteiger partial charge in [-0.15, -0.1) is 0 Å². The van der Waals surface area contributed by atoms with Gasteiger partial charge < -0.3 is 15.7 Å². The predicted octanol–water partition coefficient (Wildman–Crippen LogP) is 0.196.